The van der Waals surface area contributed by atoms with Crippen LogP contribution in [0, 0.1) is 0 Å². The van der Waals surface area contributed by atoms with Crippen LogP contribution in [-0.4, -0.2) is 37.1 Å². The smallest absolute Gasteiger partial charge is 0.244 e. The summed E-state index contributed by atoms with van der Waals surface area (Å²) >= 11 is 1.62. The predicted octanol–water partition coefficient (Wildman–Crippen LogP) is 4.36. The number of carbonyl (C=O) groups is 1. The molecule has 1 unspecified atom stereocenters. The molecular formula is C24H26N4OS. The molecule has 1 amide bonds. The predicted molar refractivity (Wildman–Crippen MR) is 125 cm³/mol. The van der Waals surface area contributed by atoms with Gasteiger partial charge in [0.1, 0.15) is 5.82 Å². The molecule has 0 saturated carbocycles. The van der Waals surface area contributed by atoms with E-state index in [1.54, 1.807) is 17.4 Å². The average Bonchev–Trinajstić information content (AvgIpc) is 3.32. The molecule has 1 N–H and O–H groups in total. The van der Waals surface area contributed by atoms with E-state index in [9.17, 15) is 4.79 Å². The van der Waals surface area contributed by atoms with Gasteiger partial charge in [0.2, 0.25) is 5.91 Å². The Hall–Kier alpha value is -3.12. The van der Waals surface area contributed by atoms with Gasteiger partial charge in [-0.15, -0.1) is 0 Å². The molecule has 30 heavy (non-hydrogen) atoms. The lowest BCUT2D eigenvalue weighted by molar-refractivity contribution is -0.117. The molecule has 5 nitrogen and oxygen atoms in total. The molecule has 0 radical (unpaired) electrons. The fourth-order valence-corrected chi connectivity index (χ4v) is 4.24. The Morgan fingerprint density at radius 2 is 1.93 bits per heavy atom. The molecule has 1 aromatic carbocycles. The van der Waals surface area contributed by atoms with Crippen LogP contribution in [0.4, 0.5) is 11.5 Å². The standard InChI is InChI=1S/C24H26N4OS/c1-19(26-24(29)9-8-20-10-16-30-18-20)21-5-4-6-22(17-21)27-12-14-28(15-13-27)23-7-2-3-11-25-23/h2-11,16-19H,12-15H2,1H3,(H,26,29). The first kappa shape index (κ1) is 20.2. The zero-order chi connectivity index (χ0) is 20.8. The molecule has 3 aromatic rings. The van der Waals surface area contributed by atoms with Gasteiger partial charge in [0, 0.05) is 44.1 Å². The molecule has 1 aliphatic rings. The second-order valence-corrected chi connectivity index (χ2v) is 8.16. The first-order chi connectivity index (χ1) is 14.7. The number of hydrogen-bond donors (Lipinski definition) is 1. The minimum atomic E-state index is -0.0805. The van der Waals surface area contributed by atoms with E-state index in [1.165, 1.54) is 5.69 Å². The summed E-state index contributed by atoms with van der Waals surface area (Å²) in [5, 5.41) is 7.08. The number of anilines is 2. The highest BCUT2D eigenvalue weighted by molar-refractivity contribution is 7.08. The van der Waals surface area contributed by atoms with Crippen molar-refractivity contribution < 1.29 is 4.79 Å². The number of thiophene rings is 1. The first-order valence-electron chi connectivity index (χ1n) is 10.2. The molecule has 0 spiro atoms. The molecule has 2 aromatic heterocycles. The second kappa shape index (κ2) is 9.59. The Balaban J connectivity index is 1.35. The number of aromatic nitrogens is 1. The van der Waals surface area contributed by atoms with Gasteiger partial charge in [0.15, 0.2) is 0 Å². The minimum absolute atomic E-state index is 0.0561. The number of carbonyl (C=O) groups excluding carboxylic acids is 1. The topological polar surface area (TPSA) is 48.5 Å². The van der Waals surface area contributed by atoms with Crippen molar-refractivity contribution in [1.29, 1.82) is 0 Å². The lowest BCUT2D eigenvalue weighted by atomic mass is 10.1. The minimum Gasteiger partial charge on any atom is -0.368 e. The summed E-state index contributed by atoms with van der Waals surface area (Å²) in [5.41, 5.74) is 3.36. The van der Waals surface area contributed by atoms with E-state index < -0.39 is 0 Å². The molecule has 1 aliphatic heterocycles. The molecule has 0 aliphatic carbocycles. The Labute approximate surface area is 181 Å². The van der Waals surface area contributed by atoms with Crippen LogP contribution in [0.25, 0.3) is 6.08 Å². The van der Waals surface area contributed by atoms with Gasteiger partial charge in [-0.2, -0.15) is 11.3 Å². The Bertz CT molecular complexity index is 979. The molecule has 154 valence electrons. The van der Waals surface area contributed by atoms with Gasteiger partial charge in [-0.05, 0) is 65.2 Å². The molecule has 1 atom stereocenters. The fourth-order valence-electron chi connectivity index (χ4n) is 3.61. The van der Waals surface area contributed by atoms with E-state index in [4.69, 9.17) is 0 Å². The van der Waals surface area contributed by atoms with Crippen molar-refractivity contribution in [3.8, 4) is 0 Å². The third kappa shape index (κ3) is 5.07. The Morgan fingerprint density at radius 1 is 1.10 bits per heavy atom. The molecule has 6 heteroatoms. The van der Waals surface area contributed by atoms with Crippen LogP contribution in [-0.2, 0) is 4.79 Å². The van der Waals surface area contributed by atoms with Gasteiger partial charge in [0.05, 0.1) is 6.04 Å². The largest absolute Gasteiger partial charge is 0.368 e. The maximum Gasteiger partial charge on any atom is 0.244 e. The summed E-state index contributed by atoms with van der Waals surface area (Å²) in [5.74, 6) is 0.959. The van der Waals surface area contributed by atoms with Gasteiger partial charge in [0.25, 0.3) is 0 Å². The maximum absolute atomic E-state index is 12.3. The number of nitrogens with one attached hydrogen (secondary N) is 1. The van der Waals surface area contributed by atoms with Crippen molar-refractivity contribution in [2.45, 2.75) is 13.0 Å². The van der Waals surface area contributed by atoms with Crippen molar-refractivity contribution in [2.75, 3.05) is 36.0 Å². The molecular weight excluding hydrogens is 392 g/mol. The van der Waals surface area contributed by atoms with Gasteiger partial charge in [-0.1, -0.05) is 18.2 Å². The average molecular weight is 419 g/mol. The van der Waals surface area contributed by atoms with Crippen molar-refractivity contribution in [3.63, 3.8) is 0 Å². The van der Waals surface area contributed by atoms with Crippen molar-refractivity contribution in [1.82, 2.24) is 10.3 Å². The highest BCUT2D eigenvalue weighted by Crippen LogP contribution is 2.23. The quantitative estimate of drug-likeness (QED) is 0.604. The van der Waals surface area contributed by atoms with E-state index in [0.717, 1.165) is 43.1 Å². The van der Waals surface area contributed by atoms with Crippen LogP contribution in [0.15, 0.2) is 71.6 Å². The van der Waals surface area contributed by atoms with Gasteiger partial charge >= 0.3 is 0 Å². The zero-order valence-corrected chi connectivity index (χ0v) is 17.9. The number of amides is 1. The molecule has 1 fully saturated rings. The number of rotatable bonds is 6. The van der Waals surface area contributed by atoms with Crippen molar-refractivity contribution >= 4 is 34.8 Å². The number of hydrogen-bond acceptors (Lipinski definition) is 5. The normalized spacial score (nSPS) is 15.4. The van der Waals surface area contributed by atoms with Crippen LogP contribution in [0.5, 0.6) is 0 Å². The van der Waals surface area contributed by atoms with E-state index >= 15 is 0 Å². The van der Waals surface area contributed by atoms with Crippen LogP contribution < -0.4 is 15.1 Å². The lowest BCUT2D eigenvalue weighted by Gasteiger charge is -2.37. The number of nitrogens with zero attached hydrogens (tertiary/aromatic N) is 3. The third-order valence-corrected chi connectivity index (χ3v) is 6.02. The molecule has 4 rings (SSSR count). The van der Waals surface area contributed by atoms with E-state index in [1.807, 2.05) is 48.2 Å². The van der Waals surface area contributed by atoms with Crippen molar-refractivity contribution in [2.24, 2.45) is 0 Å². The van der Waals surface area contributed by atoms with E-state index in [0.29, 0.717) is 0 Å². The molecule has 3 heterocycles. The van der Waals surface area contributed by atoms with Gasteiger partial charge in [-0.25, -0.2) is 4.98 Å². The highest BCUT2D eigenvalue weighted by atomic mass is 32.1. The summed E-state index contributed by atoms with van der Waals surface area (Å²) in [6, 6.07) is 16.4. The summed E-state index contributed by atoms with van der Waals surface area (Å²) in [4.78, 5) is 21.4. The van der Waals surface area contributed by atoms with Gasteiger partial charge in [-0.3, -0.25) is 4.79 Å². The third-order valence-electron chi connectivity index (χ3n) is 5.32. The van der Waals surface area contributed by atoms with E-state index in [2.05, 4.69) is 50.4 Å². The Kier molecular flexibility index (Phi) is 6.44. The van der Waals surface area contributed by atoms with Crippen molar-refractivity contribution in [3.05, 3.63) is 82.7 Å². The van der Waals surface area contributed by atoms with E-state index in [-0.39, 0.29) is 11.9 Å². The number of pyridine rings is 1. The van der Waals surface area contributed by atoms with Gasteiger partial charge < -0.3 is 15.1 Å². The Morgan fingerprint density at radius 3 is 2.67 bits per heavy atom. The van der Waals surface area contributed by atoms with Crippen LogP contribution in [0.3, 0.4) is 0 Å². The summed E-state index contributed by atoms with van der Waals surface area (Å²) in [7, 11) is 0. The summed E-state index contributed by atoms with van der Waals surface area (Å²) in [6.45, 7) is 5.81. The molecule has 1 saturated heterocycles. The summed E-state index contributed by atoms with van der Waals surface area (Å²) < 4.78 is 0. The number of benzene rings is 1. The number of piperazine rings is 1. The SMILES string of the molecule is CC(NC(=O)C=Cc1ccsc1)c1cccc(N2CCN(c3ccccn3)CC2)c1. The lowest BCUT2D eigenvalue weighted by Crippen LogP contribution is -2.46. The van der Waals surface area contributed by atoms with Crippen LogP contribution in [0.1, 0.15) is 24.1 Å². The summed E-state index contributed by atoms with van der Waals surface area (Å²) in [6.07, 6.45) is 5.28. The maximum atomic E-state index is 12.3. The highest BCUT2D eigenvalue weighted by Gasteiger charge is 2.19. The molecule has 0 bridgehead atoms. The van der Waals surface area contributed by atoms with Crippen LogP contribution >= 0.6 is 11.3 Å². The second-order valence-electron chi connectivity index (χ2n) is 7.38. The first-order valence-corrected chi connectivity index (χ1v) is 11.1. The van der Waals surface area contributed by atoms with Crippen LogP contribution in [0.2, 0.25) is 0 Å². The fraction of sp³-hybridized carbons (Fsp3) is 0.250. The monoisotopic (exact) mass is 418 g/mol. The zero-order valence-electron chi connectivity index (χ0n) is 17.1.